The first-order valence-electron chi connectivity index (χ1n) is 9.32. The molecule has 2 heterocycles. The molecular formula is C22H20F3NO2. The van der Waals surface area contributed by atoms with E-state index in [1.54, 1.807) is 12.1 Å². The van der Waals surface area contributed by atoms with Crippen LogP contribution in [0.5, 0.6) is 5.75 Å². The minimum Gasteiger partial charge on any atom is -0.491 e. The van der Waals surface area contributed by atoms with Crippen LogP contribution in [0.25, 0.3) is 22.0 Å². The van der Waals surface area contributed by atoms with Crippen LogP contribution in [0.4, 0.5) is 13.2 Å². The van der Waals surface area contributed by atoms with Crippen molar-refractivity contribution < 1.29 is 22.6 Å². The van der Waals surface area contributed by atoms with Crippen molar-refractivity contribution in [3.8, 4) is 16.9 Å². The molecule has 0 saturated carbocycles. The number of para-hydroxylation sites is 1. The molecule has 1 aromatic heterocycles. The van der Waals surface area contributed by atoms with Gasteiger partial charge in [-0.15, -0.1) is 0 Å². The summed E-state index contributed by atoms with van der Waals surface area (Å²) < 4.78 is 51.5. The van der Waals surface area contributed by atoms with Gasteiger partial charge in [0.2, 0.25) is 0 Å². The van der Waals surface area contributed by atoms with Gasteiger partial charge in [0.1, 0.15) is 12.4 Å². The molecule has 1 aliphatic heterocycles. The average Bonchev–Trinajstić information content (AvgIpc) is 2.71. The third-order valence-electron chi connectivity index (χ3n) is 4.93. The molecule has 3 nitrogen and oxygen atoms in total. The number of nitrogens with zero attached hydrogens (tertiary/aromatic N) is 1. The van der Waals surface area contributed by atoms with Crippen molar-refractivity contribution in [1.82, 2.24) is 4.98 Å². The van der Waals surface area contributed by atoms with Gasteiger partial charge in [0.25, 0.3) is 0 Å². The molecule has 1 saturated heterocycles. The Hall–Kier alpha value is -2.60. The van der Waals surface area contributed by atoms with Gasteiger partial charge >= 0.3 is 6.18 Å². The van der Waals surface area contributed by atoms with Gasteiger partial charge in [0.15, 0.2) is 0 Å². The van der Waals surface area contributed by atoms with Crippen LogP contribution in [0.3, 0.4) is 0 Å². The average molecular weight is 387 g/mol. The fourth-order valence-corrected chi connectivity index (χ4v) is 3.54. The fourth-order valence-electron chi connectivity index (χ4n) is 3.54. The van der Waals surface area contributed by atoms with Gasteiger partial charge in [-0.1, -0.05) is 24.3 Å². The van der Waals surface area contributed by atoms with E-state index in [1.807, 2.05) is 24.3 Å². The van der Waals surface area contributed by atoms with Gasteiger partial charge in [-0.3, -0.25) is 4.98 Å². The van der Waals surface area contributed by atoms with Gasteiger partial charge in [0, 0.05) is 18.2 Å². The first kappa shape index (κ1) is 18.7. The maximum absolute atomic E-state index is 13.3. The molecule has 4 rings (SSSR count). The highest BCUT2D eigenvalue weighted by molar-refractivity contribution is 5.96. The number of halogens is 3. The summed E-state index contributed by atoms with van der Waals surface area (Å²) in [5.41, 5.74) is 0.701. The number of rotatable bonds is 4. The molecule has 0 aliphatic carbocycles. The molecule has 1 aliphatic rings. The molecule has 0 spiro atoms. The van der Waals surface area contributed by atoms with E-state index in [0.29, 0.717) is 23.3 Å². The number of hydrogen-bond acceptors (Lipinski definition) is 3. The number of pyridine rings is 1. The Bertz CT molecular complexity index is 965. The highest BCUT2D eigenvalue weighted by Gasteiger charge is 2.33. The second-order valence-corrected chi connectivity index (χ2v) is 6.89. The Morgan fingerprint density at radius 1 is 1.07 bits per heavy atom. The standard InChI is InChI=1S/C22H20F3NO2/c23-22(24,25)20-9-4-8-19-18(10-11-26-21(19)20)15-5-3-7-16(13-15)28-14-17-6-1-2-12-27-17/h3-5,7-11,13,17H,1-2,6,12,14H2. The van der Waals surface area contributed by atoms with E-state index in [9.17, 15) is 13.2 Å². The monoisotopic (exact) mass is 387 g/mol. The number of alkyl halides is 3. The summed E-state index contributed by atoms with van der Waals surface area (Å²) in [6, 6.07) is 13.3. The smallest absolute Gasteiger partial charge is 0.418 e. The van der Waals surface area contributed by atoms with Crippen LogP contribution in [0, 0.1) is 0 Å². The predicted molar refractivity (Wildman–Crippen MR) is 101 cm³/mol. The van der Waals surface area contributed by atoms with Crippen molar-refractivity contribution in [2.75, 3.05) is 13.2 Å². The van der Waals surface area contributed by atoms with Crippen LogP contribution in [0.15, 0.2) is 54.7 Å². The maximum Gasteiger partial charge on any atom is 0.418 e. The first-order valence-corrected chi connectivity index (χ1v) is 9.32. The van der Waals surface area contributed by atoms with Crippen LogP contribution in [-0.2, 0) is 10.9 Å². The fraction of sp³-hybridized carbons (Fsp3) is 0.318. The summed E-state index contributed by atoms with van der Waals surface area (Å²) >= 11 is 0. The first-order chi connectivity index (χ1) is 13.5. The minimum absolute atomic E-state index is 0.0468. The van der Waals surface area contributed by atoms with Crippen LogP contribution in [0.2, 0.25) is 0 Å². The molecule has 0 amide bonds. The Morgan fingerprint density at radius 2 is 1.93 bits per heavy atom. The number of aromatic nitrogens is 1. The van der Waals surface area contributed by atoms with Crippen molar-refractivity contribution in [3.05, 3.63) is 60.3 Å². The molecular weight excluding hydrogens is 367 g/mol. The lowest BCUT2D eigenvalue weighted by atomic mass is 9.99. The summed E-state index contributed by atoms with van der Waals surface area (Å²) in [4.78, 5) is 3.99. The second-order valence-electron chi connectivity index (χ2n) is 6.89. The van der Waals surface area contributed by atoms with Crippen molar-refractivity contribution in [2.24, 2.45) is 0 Å². The van der Waals surface area contributed by atoms with Crippen LogP contribution < -0.4 is 4.74 Å². The zero-order valence-corrected chi connectivity index (χ0v) is 15.2. The number of benzene rings is 2. The van der Waals surface area contributed by atoms with Crippen LogP contribution in [0.1, 0.15) is 24.8 Å². The number of fused-ring (bicyclic) bond motifs is 1. The molecule has 0 N–H and O–H groups in total. The summed E-state index contributed by atoms with van der Waals surface area (Å²) in [5, 5.41) is 0.463. The molecule has 0 radical (unpaired) electrons. The SMILES string of the molecule is FC(F)(F)c1cccc2c(-c3cccc(OCC4CCCCO4)c3)ccnc12. The Kier molecular flexibility index (Phi) is 5.22. The van der Waals surface area contributed by atoms with Gasteiger partial charge in [0.05, 0.1) is 17.2 Å². The van der Waals surface area contributed by atoms with Gasteiger partial charge in [-0.25, -0.2) is 0 Å². The topological polar surface area (TPSA) is 31.4 Å². The maximum atomic E-state index is 13.3. The number of ether oxygens (including phenoxy) is 2. The molecule has 28 heavy (non-hydrogen) atoms. The van der Waals surface area contributed by atoms with Crippen LogP contribution >= 0.6 is 0 Å². The van der Waals surface area contributed by atoms with E-state index in [2.05, 4.69) is 4.98 Å². The van der Waals surface area contributed by atoms with E-state index in [-0.39, 0.29) is 11.6 Å². The molecule has 2 aromatic carbocycles. The zero-order chi connectivity index (χ0) is 19.6. The van der Waals surface area contributed by atoms with Gasteiger partial charge in [-0.05, 0) is 54.7 Å². The third-order valence-corrected chi connectivity index (χ3v) is 4.93. The van der Waals surface area contributed by atoms with E-state index < -0.39 is 11.7 Å². The molecule has 0 bridgehead atoms. The Labute approximate surface area is 161 Å². The Balaban J connectivity index is 1.65. The van der Waals surface area contributed by atoms with Crippen molar-refractivity contribution >= 4 is 10.9 Å². The zero-order valence-electron chi connectivity index (χ0n) is 15.2. The Morgan fingerprint density at radius 3 is 2.71 bits per heavy atom. The van der Waals surface area contributed by atoms with E-state index >= 15 is 0 Å². The molecule has 6 heteroatoms. The molecule has 1 unspecified atom stereocenters. The summed E-state index contributed by atoms with van der Waals surface area (Å²) in [7, 11) is 0. The van der Waals surface area contributed by atoms with Crippen LogP contribution in [-0.4, -0.2) is 24.3 Å². The lowest BCUT2D eigenvalue weighted by Crippen LogP contribution is -2.25. The van der Waals surface area contributed by atoms with E-state index in [4.69, 9.17) is 9.47 Å². The largest absolute Gasteiger partial charge is 0.491 e. The lowest BCUT2D eigenvalue weighted by Gasteiger charge is -2.22. The second kappa shape index (κ2) is 7.80. The lowest BCUT2D eigenvalue weighted by molar-refractivity contribution is -0.136. The van der Waals surface area contributed by atoms with Gasteiger partial charge in [-0.2, -0.15) is 13.2 Å². The highest BCUT2D eigenvalue weighted by Crippen LogP contribution is 2.37. The van der Waals surface area contributed by atoms with Gasteiger partial charge < -0.3 is 9.47 Å². The predicted octanol–water partition coefficient (Wildman–Crippen LogP) is 5.87. The molecule has 1 atom stereocenters. The van der Waals surface area contributed by atoms with Crippen molar-refractivity contribution in [1.29, 1.82) is 0 Å². The minimum atomic E-state index is -4.45. The molecule has 1 fully saturated rings. The summed E-state index contributed by atoms with van der Waals surface area (Å²) in [6.07, 6.45) is 0.259. The molecule has 146 valence electrons. The van der Waals surface area contributed by atoms with E-state index in [1.165, 1.54) is 12.3 Å². The highest BCUT2D eigenvalue weighted by atomic mass is 19.4. The number of hydrogen-bond donors (Lipinski definition) is 0. The van der Waals surface area contributed by atoms with Crippen molar-refractivity contribution in [2.45, 2.75) is 31.5 Å². The summed E-state index contributed by atoms with van der Waals surface area (Å²) in [5.74, 6) is 0.670. The van der Waals surface area contributed by atoms with E-state index in [0.717, 1.165) is 37.5 Å². The normalized spacial score (nSPS) is 17.6. The van der Waals surface area contributed by atoms with Crippen molar-refractivity contribution in [3.63, 3.8) is 0 Å². The summed E-state index contributed by atoms with van der Waals surface area (Å²) in [6.45, 7) is 1.23. The molecule has 3 aromatic rings. The quantitative estimate of drug-likeness (QED) is 0.561. The third kappa shape index (κ3) is 3.97.